The molecule has 0 aliphatic rings. The number of para-hydroxylation sites is 2. The van der Waals surface area contributed by atoms with E-state index in [9.17, 15) is 9.59 Å². The number of carbonyl (C=O) groups is 2. The fourth-order valence-corrected chi connectivity index (χ4v) is 4.98. The van der Waals surface area contributed by atoms with Gasteiger partial charge < -0.3 is 15.4 Å². The lowest BCUT2D eigenvalue weighted by molar-refractivity contribution is 0.102. The minimum Gasteiger partial charge on any atom is -0.495 e. The summed E-state index contributed by atoms with van der Waals surface area (Å²) in [7, 11) is 1.56. The highest BCUT2D eigenvalue weighted by molar-refractivity contribution is 7.20. The van der Waals surface area contributed by atoms with E-state index in [2.05, 4.69) is 27.9 Å². The third kappa shape index (κ3) is 4.85. The Labute approximate surface area is 212 Å². The first kappa shape index (κ1) is 23.3. The number of rotatable bonds is 7. The van der Waals surface area contributed by atoms with Crippen LogP contribution in [-0.4, -0.2) is 28.7 Å². The topological polar surface area (TPSA) is 85.2 Å². The van der Waals surface area contributed by atoms with Crippen molar-refractivity contribution in [3.8, 4) is 5.75 Å². The fourth-order valence-electron chi connectivity index (χ4n) is 3.93. The molecular weight excluding hydrogens is 472 g/mol. The highest BCUT2D eigenvalue weighted by Crippen LogP contribution is 2.30. The van der Waals surface area contributed by atoms with Crippen molar-refractivity contribution in [2.45, 2.75) is 13.5 Å². The van der Waals surface area contributed by atoms with E-state index in [0.717, 1.165) is 21.5 Å². The van der Waals surface area contributed by atoms with Gasteiger partial charge in [0.1, 0.15) is 10.6 Å². The van der Waals surface area contributed by atoms with Crippen molar-refractivity contribution >= 4 is 44.7 Å². The maximum Gasteiger partial charge on any atom is 0.265 e. The van der Waals surface area contributed by atoms with Crippen LogP contribution in [0.15, 0.2) is 84.9 Å². The predicted molar refractivity (Wildman–Crippen MR) is 143 cm³/mol. The molecule has 2 aromatic heterocycles. The number of aromatic nitrogens is 2. The second-order valence-electron chi connectivity index (χ2n) is 8.24. The standard InChI is InChI=1S/C28H24N4O3S/c1-18-22-16-25(36-28(22)32(31-18)17-19-8-4-3-5-9-19)27(34)29-21-14-12-20(13-15-21)26(33)30-23-10-6-7-11-24(23)35-2/h3-16H,17H2,1-2H3,(H,29,34)(H,30,33). The number of hydrogen-bond acceptors (Lipinski definition) is 5. The van der Waals surface area contributed by atoms with Crippen LogP contribution in [0.25, 0.3) is 10.2 Å². The molecule has 0 unspecified atom stereocenters. The van der Waals surface area contributed by atoms with Gasteiger partial charge in [0, 0.05) is 16.6 Å². The molecule has 0 saturated heterocycles. The Bertz CT molecular complexity index is 1540. The number of ether oxygens (including phenoxy) is 1. The molecular formula is C28H24N4O3S. The van der Waals surface area contributed by atoms with Crippen molar-refractivity contribution in [1.82, 2.24) is 9.78 Å². The first-order valence-corrected chi connectivity index (χ1v) is 12.2. The van der Waals surface area contributed by atoms with Gasteiger partial charge in [-0.25, -0.2) is 0 Å². The van der Waals surface area contributed by atoms with Crippen LogP contribution in [-0.2, 0) is 6.54 Å². The number of fused-ring (bicyclic) bond motifs is 1. The summed E-state index contributed by atoms with van der Waals surface area (Å²) in [4.78, 5) is 27.2. The number of anilines is 2. The molecule has 7 nitrogen and oxygen atoms in total. The lowest BCUT2D eigenvalue weighted by Crippen LogP contribution is -2.13. The van der Waals surface area contributed by atoms with Crippen LogP contribution in [0.3, 0.4) is 0 Å². The normalized spacial score (nSPS) is 10.8. The fraction of sp³-hybridized carbons (Fsp3) is 0.107. The van der Waals surface area contributed by atoms with Gasteiger partial charge in [0.05, 0.1) is 29.9 Å². The van der Waals surface area contributed by atoms with Gasteiger partial charge in [-0.15, -0.1) is 11.3 Å². The number of hydrogen-bond donors (Lipinski definition) is 2. The molecule has 0 bridgehead atoms. The van der Waals surface area contributed by atoms with Crippen molar-refractivity contribution in [2.24, 2.45) is 0 Å². The van der Waals surface area contributed by atoms with Crippen LogP contribution in [0, 0.1) is 6.92 Å². The van der Waals surface area contributed by atoms with Gasteiger partial charge in [0.15, 0.2) is 0 Å². The zero-order chi connectivity index (χ0) is 25.1. The van der Waals surface area contributed by atoms with Gasteiger partial charge in [0.25, 0.3) is 11.8 Å². The highest BCUT2D eigenvalue weighted by Gasteiger charge is 2.17. The molecule has 5 rings (SSSR count). The first-order chi connectivity index (χ1) is 17.5. The van der Waals surface area contributed by atoms with E-state index in [1.54, 1.807) is 43.5 Å². The summed E-state index contributed by atoms with van der Waals surface area (Å²) in [5.41, 5.74) is 3.71. The van der Waals surface area contributed by atoms with Gasteiger partial charge in [0.2, 0.25) is 0 Å². The summed E-state index contributed by atoms with van der Waals surface area (Å²) in [6.45, 7) is 2.60. The lowest BCUT2D eigenvalue weighted by atomic mass is 10.2. The summed E-state index contributed by atoms with van der Waals surface area (Å²) >= 11 is 1.42. The van der Waals surface area contributed by atoms with E-state index in [1.165, 1.54) is 11.3 Å². The zero-order valence-corrected chi connectivity index (χ0v) is 20.6. The van der Waals surface area contributed by atoms with Gasteiger partial charge in [-0.3, -0.25) is 14.3 Å². The van der Waals surface area contributed by atoms with Crippen LogP contribution >= 0.6 is 11.3 Å². The summed E-state index contributed by atoms with van der Waals surface area (Å²) in [6.07, 6.45) is 0. The summed E-state index contributed by atoms with van der Waals surface area (Å²) < 4.78 is 7.22. The van der Waals surface area contributed by atoms with Crippen LogP contribution < -0.4 is 15.4 Å². The maximum atomic E-state index is 13.0. The Hall–Kier alpha value is -4.43. The SMILES string of the molecule is COc1ccccc1NC(=O)c1ccc(NC(=O)c2cc3c(C)nn(Cc4ccccc4)c3s2)cc1. The molecule has 5 aromatic rings. The number of thiophene rings is 1. The number of methoxy groups -OCH3 is 1. The second-order valence-corrected chi connectivity index (χ2v) is 9.27. The van der Waals surface area contributed by atoms with Crippen molar-refractivity contribution in [2.75, 3.05) is 17.7 Å². The quantitative estimate of drug-likeness (QED) is 0.291. The van der Waals surface area contributed by atoms with E-state index < -0.39 is 0 Å². The van der Waals surface area contributed by atoms with Crippen LogP contribution in [0.2, 0.25) is 0 Å². The molecule has 0 fully saturated rings. The minimum absolute atomic E-state index is 0.201. The smallest absolute Gasteiger partial charge is 0.265 e. The molecule has 0 saturated carbocycles. The van der Waals surface area contributed by atoms with E-state index in [0.29, 0.717) is 34.1 Å². The Kier molecular flexibility index (Phi) is 6.51. The molecule has 0 atom stereocenters. The second kappa shape index (κ2) is 10.1. The monoisotopic (exact) mass is 496 g/mol. The molecule has 2 N–H and O–H groups in total. The average molecular weight is 497 g/mol. The van der Waals surface area contributed by atoms with Crippen molar-refractivity contribution in [1.29, 1.82) is 0 Å². The molecule has 36 heavy (non-hydrogen) atoms. The summed E-state index contributed by atoms with van der Waals surface area (Å²) in [5.74, 6) is 0.119. The summed E-state index contributed by atoms with van der Waals surface area (Å²) in [5, 5.41) is 11.4. The van der Waals surface area contributed by atoms with Gasteiger partial charge in [-0.05, 0) is 55.0 Å². The zero-order valence-electron chi connectivity index (χ0n) is 19.8. The molecule has 8 heteroatoms. The predicted octanol–water partition coefficient (Wildman–Crippen LogP) is 5.97. The number of amides is 2. The van der Waals surface area contributed by atoms with Gasteiger partial charge in [-0.1, -0.05) is 42.5 Å². The Balaban J connectivity index is 1.28. The van der Waals surface area contributed by atoms with Crippen LogP contribution in [0.4, 0.5) is 11.4 Å². The van der Waals surface area contributed by atoms with E-state index >= 15 is 0 Å². The first-order valence-electron chi connectivity index (χ1n) is 11.4. The van der Waals surface area contributed by atoms with Crippen molar-refractivity contribution in [3.63, 3.8) is 0 Å². The maximum absolute atomic E-state index is 13.0. The molecule has 0 aliphatic carbocycles. The largest absolute Gasteiger partial charge is 0.495 e. The molecule has 0 spiro atoms. The number of carbonyl (C=O) groups excluding carboxylic acids is 2. The van der Waals surface area contributed by atoms with Crippen LogP contribution in [0.5, 0.6) is 5.75 Å². The Morgan fingerprint density at radius 3 is 2.39 bits per heavy atom. The molecule has 2 amide bonds. The van der Waals surface area contributed by atoms with Crippen molar-refractivity contribution in [3.05, 3.63) is 107 Å². The van der Waals surface area contributed by atoms with Gasteiger partial charge in [-0.2, -0.15) is 5.10 Å². The molecule has 3 aromatic carbocycles. The number of nitrogens with one attached hydrogen (secondary N) is 2. The highest BCUT2D eigenvalue weighted by atomic mass is 32.1. The molecule has 180 valence electrons. The molecule has 0 radical (unpaired) electrons. The summed E-state index contributed by atoms with van der Waals surface area (Å²) in [6, 6.07) is 26.0. The lowest BCUT2D eigenvalue weighted by Gasteiger charge is -2.10. The Morgan fingerprint density at radius 1 is 0.917 bits per heavy atom. The van der Waals surface area contributed by atoms with Gasteiger partial charge >= 0.3 is 0 Å². The van der Waals surface area contributed by atoms with E-state index in [-0.39, 0.29) is 11.8 Å². The minimum atomic E-state index is -0.264. The van der Waals surface area contributed by atoms with E-state index in [1.807, 2.05) is 48.0 Å². The molecule has 2 heterocycles. The number of aryl methyl sites for hydroxylation is 1. The van der Waals surface area contributed by atoms with Crippen molar-refractivity contribution < 1.29 is 14.3 Å². The third-order valence-corrected chi connectivity index (χ3v) is 6.91. The Morgan fingerprint density at radius 2 is 1.64 bits per heavy atom. The average Bonchev–Trinajstić information content (AvgIpc) is 3.46. The third-order valence-electron chi connectivity index (χ3n) is 5.77. The molecule has 0 aliphatic heterocycles. The van der Waals surface area contributed by atoms with E-state index in [4.69, 9.17) is 4.74 Å². The number of nitrogens with zero attached hydrogens (tertiary/aromatic N) is 2. The number of benzene rings is 3. The van der Waals surface area contributed by atoms with Crippen LogP contribution in [0.1, 0.15) is 31.3 Å².